The van der Waals surface area contributed by atoms with Crippen LogP contribution in [0.4, 0.5) is 16.2 Å². The molecule has 1 aliphatic heterocycles. The normalized spacial score (nSPS) is 17.1. The Kier molecular flexibility index (Phi) is 4.10. The zero-order valence-corrected chi connectivity index (χ0v) is 10.6. The molecule has 3 N–H and O–H groups in total. The lowest BCUT2D eigenvalue weighted by molar-refractivity contribution is -0.135. The summed E-state index contributed by atoms with van der Waals surface area (Å²) >= 11 is 0. The number of carbonyl (C=O) groups is 1. The average Bonchev–Trinajstić information content (AvgIpc) is 2.43. The quantitative estimate of drug-likeness (QED) is 0.793. The number of aromatic nitrogens is 2. The van der Waals surface area contributed by atoms with E-state index in [9.17, 15) is 9.18 Å². The second-order valence-corrected chi connectivity index (χ2v) is 4.23. The predicted octanol–water partition coefficient (Wildman–Crippen LogP) is -0.143. The Hall–Kier alpha value is -1.96. The van der Waals surface area contributed by atoms with Crippen LogP contribution < -0.4 is 11.1 Å². The Morgan fingerprint density at radius 3 is 2.95 bits per heavy atom. The van der Waals surface area contributed by atoms with E-state index in [1.54, 1.807) is 11.8 Å². The van der Waals surface area contributed by atoms with Crippen LogP contribution in [0.1, 0.15) is 6.92 Å². The number of anilines is 2. The number of amides is 1. The standard InChI is InChI=1S/C11H16FN5O2/c1-7(10(18)17-2-4-19-5-3-17)15-9-8(12)6-14-11(13)16-9/h6-7H,2-5H2,1H3,(H3,13,14,15,16). The molecule has 7 nitrogen and oxygen atoms in total. The van der Waals surface area contributed by atoms with Crippen LogP contribution >= 0.6 is 0 Å². The summed E-state index contributed by atoms with van der Waals surface area (Å²) in [5.74, 6) is -0.882. The predicted molar refractivity (Wildman–Crippen MR) is 66.9 cm³/mol. The third-order valence-electron chi connectivity index (χ3n) is 2.81. The van der Waals surface area contributed by atoms with Gasteiger partial charge in [-0.1, -0.05) is 0 Å². The number of nitrogen functional groups attached to an aromatic ring is 1. The van der Waals surface area contributed by atoms with Crippen molar-refractivity contribution in [2.45, 2.75) is 13.0 Å². The molecule has 1 aromatic heterocycles. The smallest absolute Gasteiger partial charge is 0.244 e. The van der Waals surface area contributed by atoms with E-state index in [1.807, 2.05) is 0 Å². The summed E-state index contributed by atoms with van der Waals surface area (Å²) in [6.07, 6.45) is 0.969. The number of ether oxygens (including phenoxy) is 1. The molecule has 1 atom stereocenters. The molecule has 1 fully saturated rings. The Bertz CT molecular complexity index is 464. The zero-order valence-electron chi connectivity index (χ0n) is 10.6. The summed E-state index contributed by atoms with van der Waals surface area (Å²) in [6, 6.07) is -0.595. The molecule has 1 aliphatic rings. The molecule has 19 heavy (non-hydrogen) atoms. The molecule has 0 aromatic carbocycles. The Balaban J connectivity index is 2.01. The Morgan fingerprint density at radius 2 is 2.26 bits per heavy atom. The van der Waals surface area contributed by atoms with Gasteiger partial charge in [0.25, 0.3) is 0 Å². The number of carbonyl (C=O) groups excluding carboxylic acids is 1. The van der Waals surface area contributed by atoms with E-state index in [-0.39, 0.29) is 17.7 Å². The van der Waals surface area contributed by atoms with E-state index in [0.717, 1.165) is 6.20 Å². The van der Waals surface area contributed by atoms with Crippen LogP contribution in [0, 0.1) is 5.82 Å². The minimum Gasteiger partial charge on any atom is -0.378 e. The maximum atomic E-state index is 13.4. The topological polar surface area (TPSA) is 93.4 Å². The molecule has 2 rings (SSSR count). The van der Waals surface area contributed by atoms with E-state index in [2.05, 4.69) is 15.3 Å². The molecule has 8 heteroatoms. The molecule has 0 bridgehead atoms. The molecular formula is C11H16FN5O2. The summed E-state index contributed by atoms with van der Waals surface area (Å²) < 4.78 is 18.6. The van der Waals surface area contributed by atoms with Gasteiger partial charge in [0.05, 0.1) is 19.4 Å². The lowest BCUT2D eigenvalue weighted by atomic mass is 10.2. The van der Waals surface area contributed by atoms with E-state index in [1.165, 1.54) is 0 Å². The van der Waals surface area contributed by atoms with Crippen LogP contribution in [0.2, 0.25) is 0 Å². The second-order valence-electron chi connectivity index (χ2n) is 4.23. The zero-order chi connectivity index (χ0) is 13.8. The van der Waals surface area contributed by atoms with Crippen LogP contribution in [-0.2, 0) is 9.53 Å². The highest BCUT2D eigenvalue weighted by Gasteiger charge is 2.23. The number of nitrogens with zero attached hydrogens (tertiary/aromatic N) is 3. The molecule has 0 saturated carbocycles. The van der Waals surface area contributed by atoms with Gasteiger partial charge in [-0.25, -0.2) is 9.37 Å². The van der Waals surface area contributed by atoms with E-state index in [4.69, 9.17) is 10.5 Å². The number of nitrogens with one attached hydrogen (secondary N) is 1. The molecule has 1 unspecified atom stereocenters. The van der Waals surface area contributed by atoms with Crippen LogP contribution in [-0.4, -0.2) is 53.1 Å². The van der Waals surface area contributed by atoms with Gasteiger partial charge in [-0.15, -0.1) is 0 Å². The van der Waals surface area contributed by atoms with Gasteiger partial charge >= 0.3 is 0 Å². The van der Waals surface area contributed by atoms with Gasteiger partial charge in [-0.05, 0) is 6.92 Å². The Morgan fingerprint density at radius 1 is 1.58 bits per heavy atom. The number of halogens is 1. The van der Waals surface area contributed by atoms with Gasteiger partial charge < -0.3 is 20.7 Å². The van der Waals surface area contributed by atoms with Crippen LogP contribution in [0.25, 0.3) is 0 Å². The van der Waals surface area contributed by atoms with Gasteiger partial charge in [-0.3, -0.25) is 4.79 Å². The summed E-state index contributed by atoms with van der Waals surface area (Å²) in [5, 5.41) is 2.71. The fourth-order valence-corrected chi connectivity index (χ4v) is 1.81. The van der Waals surface area contributed by atoms with Gasteiger partial charge in [0, 0.05) is 13.1 Å². The van der Waals surface area contributed by atoms with Gasteiger partial charge in [0.1, 0.15) is 6.04 Å². The van der Waals surface area contributed by atoms with Crippen molar-refractivity contribution in [1.82, 2.24) is 14.9 Å². The number of morpholine rings is 1. The largest absolute Gasteiger partial charge is 0.378 e. The number of hydrogen-bond acceptors (Lipinski definition) is 6. The number of rotatable bonds is 3. The average molecular weight is 269 g/mol. The van der Waals surface area contributed by atoms with Gasteiger partial charge in [-0.2, -0.15) is 4.98 Å². The summed E-state index contributed by atoms with van der Waals surface area (Å²) in [6.45, 7) is 3.77. The van der Waals surface area contributed by atoms with Gasteiger partial charge in [0.15, 0.2) is 11.6 Å². The summed E-state index contributed by atoms with van der Waals surface area (Å²) in [4.78, 5) is 21.0. The highest BCUT2D eigenvalue weighted by molar-refractivity contribution is 5.84. The summed E-state index contributed by atoms with van der Waals surface area (Å²) in [7, 11) is 0. The fourth-order valence-electron chi connectivity index (χ4n) is 1.81. The van der Waals surface area contributed by atoms with Crippen molar-refractivity contribution in [3.8, 4) is 0 Å². The first-order valence-electron chi connectivity index (χ1n) is 5.99. The first kappa shape index (κ1) is 13.5. The lowest BCUT2D eigenvalue weighted by Gasteiger charge is -2.29. The SMILES string of the molecule is CC(Nc1nc(N)ncc1F)C(=O)N1CCOCC1. The van der Waals surface area contributed by atoms with Crippen LogP contribution in [0.3, 0.4) is 0 Å². The maximum absolute atomic E-state index is 13.4. The Labute approximate surface area is 110 Å². The fraction of sp³-hybridized carbons (Fsp3) is 0.545. The second kappa shape index (κ2) is 5.79. The third kappa shape index (κ3) is 3.28. The van der Waals surface area contributed by atoms with E-state index in [0.29, 0.717) is 26.3 Å². The van der Waals surface area contributed by atoms with E-state index < -0.39 is 11.9 Å². The van der Waals surface area contributed by atoms with Crippen molar-refractivity contribution in [3.63, 3.8) is 0 Å². The highest BCUT2D eigenvalue weighted by atomic mass is 19.1. The molecule has 1 aromatic rings. The van der Waals surface area contributed by atoms with Crippen molar-refractivity contribution in [2.24, 2.45) is 0 Å². The van der Waals surface area contributed by atoms with Gasteiger partial charge in [0.2, 0.25) is 11.9 Å². The number of hydrogen-bond donors (Lipinski definition) is 2. The minimum absolute atomic E-state index is 0.0464. The highest BCUT2D eigenvalue weighted by Crippen LogP contribution is 2.12. The van der Waals surface area contributed by atoms with Crippen LogP contribution in [0.5, 0.6) is 0 Å². The van der Waals surface area contributed by atoms with Crippen molar-refractivity contribution in [2.75, 3.05) is 37.4 Å². The van der Waals surface area contributed by atoms with Crippen molar-refractivity contribution >= 4 is 17.7 Å². The number of nitrogens with two attached hydrogens (primary N) is 1. The molecule has 1 saturated heterocycles. The molecule has 1 amide bonds. The monoisotopic (exact) mass is 269 g/mol. The molecule has 0 radical (unpaired) electrons. The molecule has 0 aliphatic carbocycles. The minimum atomic E-state index is -0.643. The molecule has 0 spiro atoms. The molecular weight excluding hydrogens is 253 g/mol. The van der Waals surface area contributed by atoms with Crippen molar-refractivity contribution in [3.05, 3.63) is 12.0 Å². The van der Waals surface area contributed by atoms with E-state index >= 15 is 0 Å². The first-order chi connectivity index (χ1) is 9.08. The van der Waals surface area contributed by atoms with Crippen molar-refractivity contribution < 1.29 is 13.9 Å². The molecule has 104 valence electrons. The lowest BCUT2D eigenvalue weighted by Crippen LogP contribution is -2.47. The summed E-state index contributed by atoms with van der Waals surface area (Å²) in [5.41, 5.74) is 5.38. The van der Waals surface area contributed by atoms with Crippen molar-refractivity contribution in [1.29, 1.82) is 0 Å². The first-order valence-corrected chi connectivity index (χ1v) is 5.99. The maximum Gasteiger partial charge on any atom is 0.244 e. The molecule has 2 heterocycles. The third-order valence-corrected chi connectivity index (χ3v) is 2.81. The van der Waals surface area contributed by atoms with Crippen LogP contribution in [0.15, 0.2) is 6.20 Å².